The van der Waals surface area contributed by atoms with Gasteiger partial charge in [-0.1, -0.05) is 30.3 Å². The first-order valence-corrected chi connectivity index (χ1v) is 7.43. The molecule has 2 aliphatic rings. The van der Waals surface area contributed by atoms with Crippen LogP contribution in [-0.2, 0) is 14.3 Å². The van der Waals surface area contributed by atoms with Crippen LogP contribution < -0.4 is 5.32 Å². The molecule has 2 amide bonds. The van der Waals surface area contributed by atoms with Gasteiger partial charge < -0.3 is 15.0 Å². The Morgan fingerprint density at radius 2 is 1.81 bits per heavy atom. The van der Waals surface area contributed by atoms with Crippen molar-refractivity contribution in [3.8, 4) is 0 Å². The predicted molar refractivity (Wildman–Crippen MR) is 77.5 cm³/mol. The molecule has 1 aromatic rings. The van der Waals surface area contributed by atoms with E-state index in [1.54, 1.807) is 11.8 Å². The molecule has 2 aliphatic heterocycles. The lowest BCUT2D eigenvalue weighted by Gasteiger charge is -2.44. The first kappa shape index (κ1) is 14.1. The van der Waals surface area contributed by atoms with E-state index in [0.717, 1.165) is 18.4 Å². The molecule has 3 rings (SSSR count). The number of carbonyl (C=O) groups is 2. The third-order valence-corrected chi connectivity index (χ3v) is 4.21. The third-order valence-electron chi connectivity index (χ3n) is 4.21. The Labute approximate surface area is 124 Å². The summed E-state index contributed by atoms with van der Waals surface area (Å²) in [5.74, 6) is -0.102. The highest BCUT2D eigenvalue weighted by molar-refractivity contribution is 5.97. The molecular formula is C16H20N2O3. The number of benzene rings is 1. The van der Waals surface area contributed by atoms with Crippen molar-refractivity contribution in [3.05, 3.63) is 35.9 Å². The molecule has 0 spiro atoms. The van der Waals surface area contributed by atoms with Gasteiger partial charge in [0, 0.05) is 19.3 Å². The van der Waals surface area contributed by atoms with Gasteiger partial charge in [-0.25, -0.2) is 0 Å². The Kier molecular flexibility index (Phi) is 3.92. The Morgan fingerprint density at radius 3 is 2.48 bits per heavy atom. The second kappa shape index (κ2) is 5.85. The zero-order valence-electron chi connectivity index (χ0n) is 12.1. The van der Waals surface area contributed by atoms with E-state index in [4.69, 9.17) is 4.74 Å². The highest BCUT2D eigenvalue weighted by Gasteiger charge is 2.43. The minimum atomic E-state index is -0.530. The first-order valence-electron chi connectivity index (χ1n) is 7.43. The van der Waals surface area contributed by atoms with Gasteiger partial charge in [0.25, 0.3) is 0 Å². The predicted octanol–water partition coefficient (Wildman–Crippen LogP) is 1.25. The van der Waals surface area contributed by atoms with E-state index >= 15 is 0 Å². The van der Waals surface area contributed by atoms with Gasteiger partial charge in [0.05, 0.1) is 0 Å². The second-order valence-electron chi connectivity index (χ2n) is 5.63. The van der Waals surface area contributed by atoms with Crippen molar-refractivity contribution in [2.75, 3.05) is 13.2 Å². The van der Waals surface area contributed by atoms with Crippen LogP contribution in [0.25, 0.3) is 0 Å². The Hall–Kier alpha value is -1.88. The fraction of sp³-hybridized carbons (Fsp3) is 0.500. The summed E-state index contributed by atoms with van der Waals surface area (Å²) in [5, 5.41) is 2.79. The van der Waals surface area contributed by atoms with Crippen LogP contribution in [0.1, 0.15) is 31.4 Å². The maximum Gasteiger partial charge on any atom is 0.248 e. The molecule has 5 heteroatoms. The summed E-state index contributed by atoms with van der Waals surface area (Å²) in [7, 11) is 0. The molecule has 0 radical (unpaired) electrons. The molecule has 0 aliphatic carbocycles. The Balaban J connectivity index is 1.96. The lowest BCUT2D eigenvalue weighted by molar-refractivity contribution is -0.154. The molecule has 0 saturated carbocycles. The Morgan fingerprint density at radius 1 is 1.14 bits per heavy atom. The molecule has 112 valence electrons. The van der Waals surface area contributed by atoms with E-state index in [9.17, 15) is 9.59 Å². The van der Waals surface area contributed by atoms with Crippen LogP contribution in [0.3, 0.4) is 0 Å². The van der Waals surface area contributed by atoms with Gasteiger partial charge in [-0.05, 0) is 25.3 Å². The molecular weight excluding hydrogens is 268 g/mol. The molecule has 2 saturated heterocycles. The zero-order valence-corrected chi connectivity index (χ0v) is 12.1. The van der Waals surface area contributed by atoms with Crippen molar-refractivity contribution < 1.29 is 14.3 Å². The van der Waals surface area contributed by atoms with Crippen LogP contribution in [0.2, 0.25) is 0 Å². The van der Waals surface area contributed by atoms with Gasteiger partial charge in [-0.3, -0.25) is 9.59 Å². The number of piperazine rings is 1. The van der Waals surface area contributed by atoms with Crippen molar-refractivity contribution in [1.82, 2.24) is 10.2 Å². The van der Waals surface area contributed by atoms with Crippen LogP contribution in [0.4, 0.5) is 0 Å². The summed E-state index contributed by atoms with van der Waals surface area (Å²) in [6.07, 6.45) is 1.57. The van der Waals surface area contributed by atoms with Crippen molar-refractivity contribution in [2.24, 2.45) is 0 Å². The Bertz CT molecular complexity index is 526. The molecule has 1 N–H and O–H groups in total. The van der Waals surface area contributed by atoms with E-state index in [1.807, 2.05) is 30.3 Å². The molecule has 5 nitrogen and oxygen atoms in total. The second-order valence-corrected chi connectivity index (χ2v) is 5.63. The van der Waals surface area contributed by atoms with Crippen molar-refractivity contribution in [3.63, 3.8) is 0 Å². The number of hydrogen-bond acceptors (Lipinski definition) is 3. The van der Waals surface area contributed by atoms with Crippen molar-refractivity contribution in [1.29, 1.82) is 0 Å². The van der Waals surface area contributed by atoms with Gasteiger partial charge >= 0.3 is 0 Å². The summed E-state index contributed by atoms with van der Waals surface area (Å²) in [6.45, 7) is 3.03. The summed E-state index contributed by atoms with van der Waals surface area (Å²) < 4.78 is 5.38. The van der Waals surface area contributed by atoms with E-state index in [2.05, 4.69) is 5.32 Å². The normalized spacial score (nSPS) is 27.6. The zero-order chi connectivity index (χ0) is 14.8. The maximum atomic E-state index is 12.6. The largest absolute Gasteiger partial charge is 0.381 e. The molecule has 0 aromatic heterocycles. The number of ether oxygens (including phenoxy) is 1. The molecule has 2 heterocycles. The summed E-state index contributed by atoms with van der Waals surface area (Å²) in [5.41, 5.74) is 0.863. The monoisotopic (exact) mass is 288 g/mol. The van der Waals surface area contributed by atoms with Crippen LogP contribution in [-0.4, -0.2) is 42.0 Å². The number of nitrogens with one attached hydrogen (secondary N) is 1. The summed E-state index contributed by atoms with van der Waals surface area (Å²) >= 11 is 0. The smallest absolute Gasteiger partial charge is 0.248 e. The minimum absolute atomic E-state index is 0.00430. The average molecular weight is 288 g/mol. The van der Waals surface area contributed by atoms with E-state index in [1.165, 1.54) is 0 Å². The van der Waals surface area contributed by atoms with Gasteiger partial charge in [-0.15, -0.1) is 0 Å². The number of amides is 2. The molecule has 21 heavy (non-hydrogen) atoms. The van der Waals surface area contributed by atoms with Crippen molar-refractivity contribution in [2.45, 2.75) is 37.9 Å². The third kappa shape index (κ3) is 2.65. The van der Waals surface area contributed by atoms with E-state index in [0.29, 0.717) is 13.2 Å². The van der Waals surface area contributed by atoms with Crippen LogP contribution >= 0.6 is 0 Å². The SMILES string of the molecule is CC1NC(=O)C(c2ccccc2)N(C2CCOCC2)C1=O. The highest BCUT2D eigenvalue weighted by atomic mass is 16.5. The van der Waals surface area contributed by atoms with Crippen molar-refractivity contribution >= 4 is 11.8 Å². The molecule has 2 atom stereocenters. The highest BCUT2D eigenvalue weighted by Crippen LogP contribution is 2.30. The standard InChI is InChI=1S/C16H20N2O3/c1-11-16(20)18(13-7-9-21-10-8-13)14(15(19)17-11)12-5-3-2-4-6-12/h2-6,11,13-14H,7-10H2,1H3,(H,17,19). The van der Waals surface area contributed by atoms with Gasteiger partial charge in [0.15, 0.2) is 0 Å². The van der Waals surface area contributed by atoms with E-state index < -0.39 is 12.1 Å². The molecule has 2 unspecified atom stereocenters. The lowest BCUT2D eigenvalue weighted by Crippen LogP contribution is -2.61. The van der Waals surface area contributed by atoms with Crippen LogP contribution in [0.5, 0.6) is 0 Å². The molecule has 1 aromatic carbocycles. The van der Waals surface area contributed by atoms with E-state index in [-0.39, 0.29) is 17.9 Å². The number of hydrogen-bond donors (Lipinski definition) is 1. The van der Waals surface area contributed by atoms with Gasteiger partial charge in [-0.2, -0.15) is 0 Å². The first-order chi connectivity index (χ1) is 10.2. The number of rotatable bonds is 2. The minimum Gasteiger partial charge on any atom is -0.381 e. The van der Waals surface area contributed by atoms with Crippen LogP contribution in [0, 0.1) is 0 Å². The fourth-order valence-corrected chi connectivity index (χ4v) is 3.13. The number of carbonyl (C=O) groups excluding carboxylic acids is 2. The summed E-state index contributed by atoms with van der Waals surface area (Å²) in [4.78, 5) is 26.9. The lowest BCUT2D eigenvalue weighted by atomic mass is 9.95. The van der Waals surface area contributed by atoms with Crippen LogP contribution in [0.15, 0.2) is 30.3 Å². The average Bonchev–Trinajstić information content (AvgIpc) is 2.52. The molecule has 2 fully saturated rings. The topological polar surface area (TPSA) is 58.6 Å². The fourth-order valence-electron chi connectivity index (χ4n) is 3.13. The van der Waals surface area contributed by atoms with Gasteiger partial charge in [0.2, 0.25) is 11.8 Å². The molecule has 0 bridgehead atoms. The maximum absolute atomic E-state index is 12.6. The number of nitrogens with zero attached hydrogens (tertiary/aromatic N) is 1. The summed E-state index contributed by atoms with van der Waals surface area (Å²) in [6, 6.07) is 8.59. The quantitative estimate of drug-likeness (QED) is 0.891. The van der Waals surface area contributed by atoms with Gasteiger partial charge in [0.1, 0.15) is 12.1 Å².